The van der Waals surface area contributed by atoms with Crippen LogP contribution in [0.3, 0.4) is 0 Å². The lowest BCUT2D eigenvalue weighted by Crippen LogP contribution is -2.38. The van der Waals surface area contributed by atoms with Crippen LogP contribution in [0.2, 0.25) is 0 Å². The van der Waals surface area contributed by atoms with Gasteiger partial charge in [0.15, 0.2) is 0 Å². The van der Waals surface area contributed by atoms with Crippen molar-refractivity contribution in [2.24, 2.45) is 11.8 Å². The smallest absolute Gasteiger partial charge is 0.00156 e. The minimum absolute atomic E-state index is 0.941. The van der Waals surface area contributed by atoms with E-state index in [1.54, 1.807) is 0 Å². The number of hydrogen-bond donors (Lipinski definition) is 1. The monoisotopic (exact) mass is 252 g/mol. The summed E-state index contributed by atoms with van der Waals surface area (Å²) in [6.07, 6.45) is 11.8. The van der Waals surface area contributed by atoms with Crippen LogP contribution in [0.4, 0.5) is 0 Å². The predicted molar refractivity (Wildman–Crippen MR) is 78.9 cm³/mol. The second-order valence-electron chi connectivity index (χ2n) is 6.39. The van der Waals surface area contributed by atoms with Gasteiger partial charge < -0.3 is 10.2 Å². The van der Waals surface area contributed by atoms with Crippen molar-refractivity contribution in [1.82, 2.24) is 10.2 Å². The van der Waals surface area contributed by atoms with E-state index in [0.717, 1.165) is 18.4 Å². The first-order valence-electron chi connectivity index (χ1n) is 8.31. The van der Waals surface area contributed by atoms with E-state index in [0.29, 0.717) is 0 Å². The van der Waals surface area contributed by atoms with Crippen LogP contribution in [0.25, 0.3) is 0 Å². The van der Waals surface area contributed by atoms with Crippen molar-refractivity contribution >= 4 is 0 Å². The average Bonchev–Trinajstić information content (AvgIpc) is 2.45. The minimum Gasteiger partial charge on any atom is -0.317 e. The fraction of sp³-hybridized carbons (Fsp3) is 1.00. The van der Waals surface area contributed by atoms with Crippen molar-refractivity contribution in [2.75, 3.05) is 32.7 Å². The Morgan fingerprint density at radius 1 is 0.944 bits per heavy atom. The summed E-state index contributed by atoms with van der Waals surface area (Å²) in [5, 5.41) is 3.50. The first-order valence-corrected chi connectivity index (χ1v) is 8.31. The molecular weight excluding hydrogens is 220 g/mol. The third-order valence-corrected chi connectivity index (χ3v) is 4.97. The van der Waals surface area contributed by atoms with E-state index < -0.39 is 0 Å². The summed E-state index contributed by atoms with van der Waals surface area (Å²) in [5.41, 5.74) is 0. The highest BCUT2D eigenvalue weighted by molar-refractivity contribution is 4.75. The van der Waals surface area contributed by atoms with Gasteiger partial charge in [-0.3, -0.25) is 0 Å². The summed E-state index contributed by atoms with van der Waals surface area (Å²) in [5.74, 6) is 1.99. The zero-order valence-electron chi connectivity index (χ0n) is 12.3. The molecule has 0 bridgehead atoms. The summed E-state index contributed by atoms with van der Waals surface area (Å²) in [6.45, 7) is 8.65. The average molecular weight is 252 g/mol. The van der Waals surface area contributed by atoms with Crippen molar-refractivity contribution in [1.29, 1.82) is 0 Å². The lowest BCUT2D eigenvalue weighted by molar-refractivity contribution is 0.166. The molecule has 1 saturated heterocycles. The van der Waals surface area contributed by atoms with Crippen molar-refractivity contribution in [3.8, 4) is 0 Å². The highest BCUT2D eigenvalue weighted by Gasteiger charge is 2.20. The molecule has 18 heavy (non-hydrogen) atoms. The molecule has 0 aromatic heterocycles. The van der Waals surface area contributed by atoms with Crippen molar-refractivity contribution in [2.45, 2.75) is 58.3 Å². The summed E-state index contributed by atoms with van der Waals surface area (Å²) < 4.78 is 0. The second-order valence-corrected chi connectivity index (χ2v) is 6.39. The lowest BCUT2D eigenvalue weighted by atomic mass is 9.86. The summed E-state index contributed by atoms with van der Waals surface area (Å²) >= 11 is 0. The molecule has 2 fully saturated rings. The van der Waals surface area contributed by atoms with Crippen molar-refractivity contribution in [3.63, 3.8) is 0 Å². The van der Waals surface area contributed by atoms with Crippen LogP contribution >= 0.6 is 0 Å². The second kappa shape index (κ2) is 8.16. The third kappa shape index (κ3) is 4.89. The van der Waals surface area contributed by atoms with E-state index >= 15 is 0 Å². The van der Waals surface area contributed by atoms with E-state index in [9.17, 15) is 0 Å². The van der Waals surface area contributed by atoms with Gasteiger partial charge in [0.25, 0.3) is 0 Å². The van der Waals surface area contributed by atoms with Gasteiger partial charge in [0.2, 0.25) is 0 Å². The Balaban J connectivity index is 1.55. The number of rotatable bonds is 6. The number of likely N-dealkylation sites (tertiary alicyclic amines) is 1. The molecule has 2 nitrogen and oxygen atoms in total. The maximum Gasteiger partial charge on any atom is -0.00156 e. The quantitative estimate of drug-likeness (QED) is 0.780. The van der Waals surface area contributed by atoms with Crippen LogP contribution in [-0.2, 0) is 0 Å². The van der Waals surface area contributed by atoms with Crippen LogP contribution < -0.4 is 5.32 Å². The molecule has 106 valence electrons. The van der Waals surface area contributed by atoms with Gasteiger partial charge in [-0.25, -0.2) is 0 Å². The molecule has 1 heterocycles. The SMILES string of the molecule is CCNCC1CCN(CCC2CCCCC2)CC1. The topological polar surface area (TPSA) is 15.3 Å². The molecule has 1 N–H and O–H groups in total. The predicted octanol–water partition coefficient (Wildman–Crippen LogP) is 3.28. The highest BCUT2D eigenvalue weighted by Crippen LogP contribution is 2.27. The molecule has 1 aliphatic carbocycles. The standard InChI is InChI=1S/C16H32N2/c1-2-17-14-16-9-12-18(13-10-16)11-8-15-6-4-3-5-7-15/h15-17H,2-14H2,1H3. The Bertz CT molecular complexity index is 203. The summed E-state index contributed by atoms with van der Waals surface area (Å²) in [6, 6.07) is 0. The highest BCUT2D eigenvalue weighted by atomic mass is 15.1. The number of piperidine rings is 1. The van der Waals surface area contributed by atoms with Gasteiger partial charge in [0.05, 0.1) is 0 Å². The van der Waals surface area contributed by atoms with Gasteiger partial charge in [0, 0.05) is 0 Å². The molecule has 2 rings (SSSR count). The zero-order valence-corrected chi connectivity index (χ0v) is 12.3. The van der Waals surface area contributed by atoms with Gasteiger partial charge in [-0.1, -0.05) is 39.0 Å². The lowest BCUT2D eigenvalue weighted by Gasteiger charge is -2.33. The molecule has 0 aromatic rings. The number of hydrogen-bond acceptors (Lipinski definition) is 2. The van der Waals surface area contributed by atoms with Crippen LogP contribution in [0, 0.1) is 11.8 Å². The Kier molecular flexibility index (Phi) is 6.50. The molecule has 0 aromatic carbocycles. The van der Waals surface area contributed by atoms with Crippen molar-refractivity contribution in [3.05, 3.63) is 0 Å². The summed E-state index contributed by atoms with van der Waals surface area (Å²) in [7, 11) is 0. The molecule has 1 saturated carbocycles. The maximum atomic E-state index is 3.50. The Morgan fingerprint density at radius 3 is 2.33 bits per heavy atom. The van der Waals surface area contributed by atoms with Gasteiger partial charge in [0.1, 0.15) is 0 Å². The molecule has 1 aliphatic heterocycles. The molecular formula is C16H32N2. The fourth-order valence-electron chi connectivity index (χ4n) is 3.60. The van der Waals surface area contributed by atoms with Crippen molar-refractivity contribution < 1.29 is 0 Å². The molecule has 0 unspecified atom stereocenters. The first kappa shape index (κ1) is 14.3. The van der Waals surface area contributed by atoms with Crippen LogP contribution in [-0.4, -0.2) is 37.6 Å². The zero-order chi connectivity index (χ0) is 12.6. The third-order valence-electron chi connectivity index (χ3n) is 4.97. The fourth-order valence-corrected chi connectivity index (χ4v) is 3.60. The molecule has 2 aliphatic rings. The summed E-state index contributed by atoms with van der Waals surface area (Å²) in [4.78, 5) is 2.72. The molecule has 0 radical (unpaired) electrons. The van der Waals surface area contributed by atoms with Gasteiger partial charge in [-0.05, 0) is 63.8 Å². The van der Waals surface area contributed by atoms with Crippen LogP contribution in [0.15, 0.2) is 0 Å². The number of nitrogens with zero attached hydrogens (tertiary/aromatic N) is 1. The number of nitrogens with one attached hydrogen (secondary N) is 1. The maximum absolute atomic E-state index is 3.50. The van der Waals surface area contributed by atoms with E-state index in [4.69, 9.17) is 0 Å². The van der Waals surface area contributed by atoms with E-state index in [-0.39, 0.29) is 0 Å². The first-order chi connectivity index (χ1) is 8.88. The molecule has 0 amide bonds. The van der Waals surface area contributed by atoms with Gasteiger partial charge >= 0.3 is 0 Å². The largest absolute Gasteiger partial charge is 0.317 e. The van der Waals surface area contributed by atoms with Crippen LogP contribution in [0.5, 0.6) is 0 Å². The van der Waals surface area contributed by atoms with E-state index in [1.807, 2.05) is 0 Å². The van der Waals surface area contributed by atoms with Crippen LogP contribution in [0.1, 0.15) is 58.3 Å². The van der Waals surface area contributed by atoms with Gasteiger partial charge in [-0.15, -0.1) is 0 Å². The van der Waals surface area contributed by atoms with Gasteiger partial charge in [-0.2, -0.15) is 0 Å². The Morgan fingerprint density at radius 2 is 1.67 bits per heavy atom. The molecule has 0 spiro atoms. The normalized spacial score (nSPS) is 24.5. The molecule has 2 heteroatoms. The van der Waals surface area contributed by atoms with E-state index in [2.05, 4.69) is 17.1 Å². The van der Waals surface area contributed by atoms with E-state index in [1.165, 1.54) is 77.5 Å². The molecule has 0 atom stereocenters. The minimum atomic E-state index is 0.941. The Hall–Kier alpha value is -0.0800. The Labute approximate surface area is 114 Å².